The van der Waals surface area contributed by atoms with Crippen molar-refractivity contribution in [3.05, 3.63) is 59.1 Å². The van der Waals surface area contributed by atoms with E-state index in [0.717, 1.165) is 23.7 Å². The summed E-state index contributed by atoms with van der Waals surface area (Å²) in [6, 6.07) is 0. The van der Waals surface area contributed by atoms with Crippen molar-refractivity contribution < 1.29 is 0 Å². The van der Waals surface area contributed by atoms with Crippen molar-refractivity contribution in [3.8, 4) is 0 Å². The minimum absolute atomic E-state index is 0.337. The minimum atomic E-state index is 0.337. The molecule has 0 aromatic carbocycles. The first-order chi connectivity index (χ1) is 11.7. The molecule has 2 heteroatoms. The second kappa shape index (κ2) is 12.6. The third-order valence-corrected chi connectivity index (χ3v) is 4.41. The second-order valence-electron chi connectivity index (χ2n) is 7.31. The lowest BCUT2D eigenvalue weighted by Crippen LogP contribution is -2.10. The van der Waals surface area contributed by atoms with Gasteiger partial charge in [-0.25, -0.2) is 0 Å². The largest absolute Gasteiger partial charge is 0.402 e. The quantitative estimate of drug-likeness (QED) is 0.414. The van der Waals surface area contributed by atoms with Crippen LogP contribution in [0.5, 0.6) is 0 Å². The Morgan fingerprint density at radius 3 is 2.28 bits per heavy atom. The second-order valence-corrected chi connectivity index (χ2v) is 7.31. The number of hydrogen-bond acceptors (Lipinski definition) is 2. The Bertz CT molecular complexity index is 528. The molecule has 2 nitrogen and oxygen atoms in total. The normalized spacial score (nSPS) is 16.6. The van der Waals surface area contributed by atoms with Gasteiger partial charge < -0.3 is 11.1 Å². The van der Waals surface area contributed by atoms with Crippen molar-refractivity contribution in [2.45, 2.75) is 74.1 Å². The Labute approximate surface area is 156 Å². The van der Waals surface area contributed by atoms with E-state index >= 15 is 0 Å². The van der Waals surface area contributed by atoms with Gasteiger partial charge in [0.15, 0.2) is 0 Å². The zero-order chi connectivity index (χ0) is 19.4. The van der Waals surface area contributed by atoms with Crippen molar-refractivity contribution in [1.29, 1.82) is 0 Å². The van der Waals surface area contributed by atoms with Crippen molar-refractivity contribution in [1.82, 2.24) is 5.32 Å². The molecule has 142 valence electrons. The fourth-order valence-electron chi connectivity index (χ4n) is 2.95. The van der Waals surface area contributed by atoms with Gasteiger partial charge in [-0.2, -0.15) is 0 Å². The molecule has 0 aliphatic rings. The summed E-state index contributed by atoms with van der Waals surface area (Å²) in [7, 11) is 0. The Morgan fingerprint density at radius 2 is 1.80 bits per heavy atom. The van der Waals surface area contributed by atoms with Gasteiger partial charge in [0.05, 0.1) is 0 Å². The molecule has 0 aliphatic heterocycles. The van der Waals surface area contributed by atoms with Gasteiger partial charge in [-0.15, -0.1) is 0 Å². The smallest absolute Gasteiger partial charge is 0.0149 e. The molecule has 25 heavy (non-hydrogen) atoms. The fraction of sp³-hybridized carbons (Fsp3) is 0.565. The van der Waals surface area contributed by atoms with E-state index in [1.807, 2.05) is 13.8 Å². The number of nitrogens with two attached hydrogens (primary N) is 1. The average Bonchev–Trinajstić information content (AvgIpc) is 2.51. The zero-order valence-corrected chi connectivity index (χ0v) is 17.6. The summed E-state index contributed by atoms with van der Waals surface area (Å²) in [4.78, 5) is 0. The van der Waals surface area contributed by atoms with Gasteiger partial charge in [-0.05, 0) is 69.6 Å². The van der Waals surface area contributed by atoms with E-state index in [4.69, 9.17) is 5.73 Å². The molecule has 2 unspecified atom stereocenters. The van der Waals surface area contributed by atoms with Crippen LogP contribution in [-0.2, 0) is 0 Å². The summed E-state index contributed by atoms with van der Waals surface area (Å²) in [6.45, 7) is 18.9. The molecule has 0 radical (unpaired) electrons. The molecule has 0 saturated heterocycles. The molecule has 0 amide bonds. The van der Waals surface area contributed by atoms with Gasteiger partial charge in [-0.1, -0.05) is 58.4 Å². The number of allylic oxidation sites excluding steroid dienone is 9. The van der Waals surface area contributed by atoms with E-state index in [0.29, 0.717) is 5.92 Å². The van der Waals surface area contributed by atoms with Crippen molar-refractivity contribution in [2.24, 2.45) is 17.6 Å². The summed E-state index contributed by atoms with van der Waals surface area (Å²) in [5.41, 5.74) is 11.5. The van der Waals surface area contributed by atoms with Crippen LogP contribution in [0.15, 0.2) is 59.1 Å². The van der Waals surface area contributed by atoms with Gasteiger partial charge >= 0.3 is 0 Å². The first-order valence-corrected chi connectivity index (χ1v) is 9.61. The van der Waals surface area contributed by atoms with Crippen LogP contribution >= 0.6 is 0 Å². The third-order valence-electron chi connectivity index (χ3n) is 4.41. The topological polar surface area (TPSA) is 38.0 Å². The van der Waals surface area contributed by atoms with E-state index in [1.165, 1.54) is 36.1 Å². The maximum Gasteiger partial charge on any atom is 0.0149 e. The highest BCUT2D eigenvalue weighted by Gasteiger charge is 2.07. The van der Waals surface area contributed by atoms with Crippen molar-refractivity contribution >= 4 is 0 Å². The highest BCUT2D eigenvalue weighted by atomic mass is 14.9. The molecule has 0 spiro atoms. The Kier molecular flexibility index (Phi) is 11.8. The van der Waals surface area contributed by atoms with E-state index in [9.17, 15) is 0 Å². The van der Waals surface area contributed by atoms with Crippen LogP contribution in [-0.4, -0.2) is 0 Å². The van der Waals surface area contributed by atoms with Gasteiger partial charge in [0, 0.05) is 17.1 Å². The first-order valence-electron chi connectivity index (χ1n) is 9.61. The van der Waals surface area contributed by atoms with Crippen LogP contribution in [0.1, 0.15) is 74.1 Å². The number of rotatable bonds is 11. The Morgan fingerprint density at radius 1 is 1.16 bits per heavy atom. The van der Waals surface area contributed by atoms with Crippen LogP contribution in [0.3, 0.4) is 0 Å². The Hall–Kier alpha value is -1.70. The molecule has 0 aliphatic carbocycles. The predicted molar refractivity (Wildman–Crippen MR) is 114 cm³/mol. The maximum absolute atomic E-state index is 5.84. The molecule has 0 aromatic rings. The van der Waals surface area contributed by atoms with Gasteiger partial charge in [-0.3, -0.25) is 0 Å². The standard InChI is InChI=1S/C23H40N2/c1-9-11-18(5)12-14-23(21(8)25-17(3)4)15-13-19(6)22(10-2)16-20(7)24/h10,13,15-16,18-19,25H,3,9,11-12,14,24H2,1-2,4-8H3/b15-13-,20-16+,22-10+,23-21+. The van der Waals surface area contributed by atoms with Crippen LogP contribution in [0.2, 0.25) is 0 Å². The summed E-state index contributed by atoms with van der Waals surface area (Å²) < 4.78 is 0. The molecular weight excluding hydrogens is 304 g/mol. The molecular formula is C23H40N2. The third kappa shape index (κ3) is 10.7. The van der Waals surface area contributed by atoms with E-state index in [-0.39, 0.29) is 0 Å². The lowest BCUT2D eigenvalue weighted by atomic mass is 9.94. The van der Waals surface area contributed by atoms with Crippen LogP contribution in [0, 0.1) is 11.8 Å². The summed E-state index contributed by atoms with van der Waals surface area (Å²) in [6.07, 6.45) is 13.6. The highest BCUT2D eigenvalue weighted by Crippen LogP contribution is 2.22. The van der Waals surface area contributed by atoms with Crippen molar-refractivity contribution in [3.63, 3.8) is 0 Å². The lowest BCUT2D eigenvalue weighted by Gasteiger charge is -2.15. The molecule has 0 fully saturated rings. The van der Waals surface area contributed by atoms with Gasteiger partial charge in [0.25, 0.3) is 0 Å². The SMILES string of the molecule is C=C(C)N/C(C)=C(/C=C\C(C)C(=C/C)/C=C(\C)N)CCC(C)CCC. The zero-order valence-electron chi connectivity index (χ0n) is 17.6. The van der Waals surface area contributed by atoms with E-state index in [2.05, 4.69) is 70.8 Å². The summed E-state index contributed by atoms with van der Waals surface area (Å²) in [5, 5.41) is 3.39. The van der Waals surface area contributed by atoms with Gasteiger partial charge in [0.2, 0.25) is 0 Å². The van der Waals surface area contributed by atoms with E-state index in [1.54, 1.807) is 0 Å². The molecule has 0 bridgehead atoms. The minimum Gasteiger partial charge on any atom is -0.402 e. The van der Waals surface area contributed by atoms with Crippen LogP contribution in [0.25, 0.3) is 0 Å². The molecule has 0 aromatic heterocycles. The summed E-state index contributed by atoms with van der Waals surface area (Å²) >= 11 is 0. The first kappa shape index (κ1) is 23.3. The van der Waals surface area contributed by atoms with Crippen LogP contribution < -0.4 is 11.1 Å². The predicted octanol–water partition coefficient (Wildman–Crippen LogP) is 6.60. The van der Waals surface area contributed by atoms with Crippen molar-refractivity contribution in [2.75, 3.05) is 0 Å². The monoisotopic (exact) mass is 344 g/mol. The van der Waals surface area contributed by atoms with Crippen LogP contribution in [0.4, 0.5) is 0 Å². The Balaban J connectivity index is 5.27. The summed E-state index contributed by atoms with van der Waals surface area (Å²) in [5.74, 6) is 1.10. The fourth-order valence-corrected chi connectivity index (χ4v) is 2.95. The molecule has 0 rings (SSSR count). The lowest BCUT2D eigenvalue weighted by molar-refractivity contribution is 0.486. The number of hydrogen-bond donors (Lipinski definition) is 2. The molecule has 0 heterocycles. The number of nitrogens with one attached hydrogen (secondary N) is 1. The average molecular weight is 345 g/mol. The molecule has 0 saturated carbocycles. The van der Waals surface area contributed by atoms with Gasteiger partial charge in [0.1, 0.15) is 0 Å². The highest BCUT2D eigenvalue weighted by molar-refractivity contribution is 5.31. The molecule has 3 N–H and O–H groups in total. The maximum atomic E-state index is 5.84. The molecule has 2 atom stereocenters. The van der Waals surface area contributed by atoms with E-state index < -0.39 is 0 Å².